The van der Waals surface area contributed by atoms with Gasteiger partial charge < -0.3 is 10.4 Å². The van der Waals surface area contributed by atoms with Crippen LogP contribution in [0, 0.1) is 10.4 Å². The highest BCUT2D eigenvalue weighted by Crippen LogP contribution is 2.25. The topological polar surface area (TPSA) is 79.7 Å². The summed E-state index contributed by atoms with van der Waals surface area (Å²) in [6.07, 6.45) is 0. The van der Waals surface area contributed by atoms with E-state index in [0.717, 1.165) is 0 Å². The number of hydrogen-bond donors (Lipinski definition) is 0. The van der Waals surface area contributed by atoms with Gasteiger partial charge in [0.1, 0.15) is 4.96 Å². The second kappa shape index (κ2) is 3.28. The molecule has 2 aromatic rings. The molecule has 1 aromatic carbocycles. The molecule has 0 spiro atoms. The minimum absolute atomic E-state index is 0.0182. The lowest BCUT2D eigenvalue weighted by Crippen LogP contribution is -2.50. The maximum atomic E-state index is 11.2. The molecule has 6 nitrogen and oxygen atoms in total. The Balaban J connectivity index is 2.89. The third-order valence-corrected chi connectivity index (χ3v) is 3.42. The summed E-state index contributed by atoms with van der Waals surface area (Å²) in [6, 6.07) is 3.09. The molecule has 0 atom stereocenters. The highest BCUT2D eigenvalue weighted by Gasteiger charge is 2.15. The molecule has 0 amide bonds. The summed E-state index contributed by atoms with van der Waals surface area (Å²) < 4.78 is 1.41. The Labute approximate surface area is 94.5 Å². The lowest BCUT2D eigenvalue weighted by Gasteiger charge is -1.97. The van der Waals surface area contributed by atoms with Crippen molar-refractivity contribution in [2.24, 2.45) is 0 Å². The lowest BCUT2D eigenvalue weighted by molar-refractivity contribution is -0.863. The van der Waals surface area contributed by atoms with E-state index in [1.807, 2.05) is 0 Å². The zero-order chi connectivity index (χ0) is 10.3. The molecule has 0 aliphatic carbocycles. The van der Waals surface area contributed by atoms with E-state index in [1.54, 1.807) is 6.07 Å². The van der Waals surface area contributed by atoms with E-state index in [0.29, 0.717) is 8.95 Å². The van der Waals surface area contributed by atoms with Gasteiger partial charge >= 0.3 is 5.21 Å². The van der Waals surface area contributed by atoms with Crippen LogP contribution in [0.3, 0.4) is 0 Å². The van der Waals surface area contributed by atoms with Gasteiger partial charge in [-0.2, -0.15) is 0 Å². The molecular formula is C6H2Br2N4O2. The van der Waals surface area contributed by atoms with Gasteiger partial charge in [0.15, 0.2) is 0 Å². The summed E-state index contributed by atoms with van der Waals surface area (Å²) in [6.45, 7) is 0. The van der Waals surface area contributed by atoms with Gasteiger partial charge in [-0.25, -0.2) is 0 Å². The molecule has 1 aromatic heterocycles. The van der Waals surface area contributed by atoms with E-state index < -0.39 is 0 Å². The van der Waals surface area contributed by atoms with Crippen molar-refractivity contribution in [2.45, 2.75) is 0 Å². The fourth-order valence-electron chi connectivity index (χ4n) is 0.989. The third kappa shape index (κ3) is 1.50. The summed E-state index contributed by atoms with van der Waals surface area (Å²) in [5.41, 5.74) is 0.507. The Kier molecular flexibility index (Phi) is 2.23. The van der Waals surface area contributed by atoms with Gasteiger partial charge in [-0.1, -0.05) is 0 Å². The monoisotopic (exact) mass is 320 g/mol. The van der Waals surface area contributed by atoms with Crippen molar-refractivity contribution in [3.8, 4) is 0 Å². The fraction of sp³-hybridized carbons (Fsp3) is 0. The van der Waals surface area contributed by atoms with Crippen molar-refractivity contribution in [3.05, 3.63) is 31.5 Å². The number of aromatic nitrogens is 4. The van der Waals surface area contributed by atoms with Crippen molar-refractivity contribution in [2.75, 3.05) is 0 Å². The average molecular weight is 322 g/mol. The standard InChI is InChI=1S/C6H2Br2N4O2/c7-3-1-5-6(2-4(3)8)11(13)10-12(14)9-5/h1-2H. The summed E-state index contributed by atoms with van der Waals surface area (Å²) in [4.78, 5) is 0.211. The molecule has 0 saturated heterocycles. The number of benzene rings is 1. The van der Waals surface area contributed by atoms with Crippen LogP contribution in [-0.2, 0) is 0 Å². The lowest BCUT2D eigenvalue weighted by atomic mass is 10.3. The van der Waals surface area contributed by atoms with Gasteiger partial charge in [-0.05, 0) is 37.9 Å². The molecule has 0 radical (unpaired) electrons. The highest BCUT2D eigenvalue weighted by molar-refractivity contribution is 9.13. The second-order valence-corrected chi connectivity index (χ2v) is 4.18. The third-order valence-electron chi connectivity index (χ3n) is 1.57. The molecule has 2 rings (SSSR count). The molecule has 8 heteroatoms. The molecule has 0 aliphatic heterocycles. The van der Waals surface area contributed by atoms with E-state index in [9.17, 15) is 10.4 Å². The first-order valence-corrected chi connectivity index (χ1v) is 5.03. The number of fused-ring (bicyclic) bond motifs is 1. The number of halogens is 2. The number of hydrogen-bond acceptors (Lipinski definition) is 4. The molecule has 0 saturated carbocycles. The highest BCUT2D eigenvalue weighted by atomic mass is 79.9. The van der Waals surface area contributed by atoms with Crippen molar-refractivity contribution in [1.29, 1.82) is 0 Å². The Bertz CT molecular complexity index is 519. The van der Waals surface area contributed by atoms with Crippen molar-refractivity contribution in [1.82, 2.24) is 10.3 Å². The maximum Gasteiger partial charge on any atom is 0.326 e. The van der Waals surface area contributed by atoms with Crippen LogP contribution >= 0.6 is 31.9 Å². The van der Waals surface area contributed by atoms with Gasteiger partial charge in [-0.3, -0.25) is 0 Å². The molecular weight excluding hydrogens is 320 g/mol. The SMILES string of the molecule is [O-][n+]1nc2cc(Br)c(Br)cc2[n+]([O-])n1. The van der Waals surface area contributed by atoms with E-state index in [-0.39, 0.29) is 20.8 Å². The van der Waals surface area contributed by atoms with E-state index >= 15 is 0 Å². The molecule has 1 heterocycles. The van der Waals surface area contributed by atoms with Gasteiger partial charge in [0.05, 0.1) is 5.10 Å². The molecule has 0 N–H and O–H groups in total. The molecule has 0 unspecified atom stereocenters. The van der Waals surface area contributed by atoms with Gasteiger partial charge in [0, 0.05) is 19.9 Å². The van der Waals surface area contributed by atoms with Crippen LogP contribution < -0.4 is 9.80 Å². The molecule has 72 valence electrons. The molecule has 0 fully saturated rings. The van der Waals surface area contributed by atoms with Crippen LogP contribution in [0.1, 0.15) is 0 Å². The van der Waals surface area contributed by atoms with Crippen LogP contribution in [-0.4, -0.2) is 10.3 Å². The van der Waals surface area contributed by atoms with E-state index in [1.165, 1.54) is 6.07 Å². The Morgan fingerprint density at radius 1 is 1.14 bits per heavy atom. The van der Waals surface area contributed by atoms with Gasteiger partial charge in [0.25, 0.3) is 5.52 Å². The van der Waals surface area contributed by atoms with E-state index in [4.69, 9.17) is 0 Å². The van der Waals surface area contributed by atoms with Crippen LogP contribution in [0.5, 0.6) is 0 Å². The Morgan fingerprint density at radius 2 is 1.79 bits per heavy atom. The van der Waals surface area contributed by atoms with Crippen LogP contribution in [0.15, 0.2) is 21.1 Å². The summed E-state index contributed by atoms with van der Waals surface area (Å²) in [5, 5.41) is 28.5. The van der Waals surface area contributed by atoms with Crippen molar-refractivity contribution < 1.29 is 9.80 Å². The first-order valence-electron chi connectivity index (χ1n) is 3.45. The molecule has 14 heavy (non-hydrogen) atoms. The first kappa shape index (κ1) is 9.53. The van der Waals surface area contributed by atoms with Gasteiger partial charge in [0.2, 0.25) is 5.52 Å². The van der Waals surface area contributed by atoms with Crippen molar-refractivity contribution in [3.63, 3.8) is 0 Å². The molecule has 0 bridgehead atoms. The zero-order valence-electron chi connectivity index (χ0n) is 6.52. The smallest absolute Gasteiger partial charge is 0.326 e. The normalized spacial score (nSPS) is 10.7. The van der Waals surface area contributed by atoms with E-state index in [2.05, 4.69) is 42.2 Å². The quantitative estimate of drug-likeness (QED) is 0.520. The molecule has 0 aliphatic rings. The average Bonchev–Trinajstić information content (AvgIpc) is 2.08. The summed E-state index contributed by atoms with van der Waals surface area (Å²) in [7, 11) is 0. The largest absolute Gasteiger partial charge is 0.590 e. The van der Waals surface area contributed by atoms with Crippen LogP contribution in [0.25, 0.3) is 11.0 Å². The first-order chi connectivity index (χ1) is 6.58. The Morgan fingerprint density at radius 3 is 2.50 bits per heavy atom. The number of nitrogens with zero attached hydrogens (tertiary/aromatic N) is 4. The van der Waals surface area contributed by atoms with Crippen molar-refractivity contribution >= 4 is 42.9 Å². The Hall–Kier alpha value is -1.02. The minimum Gasteiger partial charge on any atom is -0.590 e. The number of rotatable bonds is 0. The van der Waals surface area contributed by atoms with Gasteiger partial charge in [-0.15, -0.1) is 0 Å². The van der Waals surface area contributed by atoms with Crippen LogP contribution in [0.2, 0.25) is 0 Å². The second-order valence-electron chi connectivity index (χ2n) is 2.47. The fourth-order valence-corrected chi connectivity index (χ4v) is 1.65. The predicted molar refractivity (Wildman–Crippen MR) is 52.9 cm³/mol. The maximum absolute atomic E-state index is 11.2. The summed E-state index contributed by atoms with van der Waals surface area (Å²) >= 11 is 6.46. The zero-order valence-corrected chi connectivity index (χ0v) is 9.69. The van der Waals surface area contributed by atoms with Crippen LogP contribution in [0.4, 0.5) is 0 Å². The summed E-state index contributed by atoms with van der Waals surface area (Å²) in [5.74, 6) is 0. The minimum atomic E-state index is -0.0182. The predicted octanol–water partition coefficient (Wildman–Crippen LogP) is 0.422.